The SMILES string of the molecule is Cc1c(-c2nnc(-c3cc4ccccc4o3)o2)nn(-c2ccc(Cl)cc2Cl)c1-c1ccc(Cl)cc1. The second-order valence-corrected chi connectivity index (χ2v) is 9.18. The van der Waals surface area contributed by atoms with E-state index in [1.165, 1.54) is 0 Å². The molecule has 35 heavy (non-hydrogen) atoms. The minimum absolute atomic E-state index is 0.261. The first kappa shape index (κ1) is 21.9. The van der Waals surface area contributed by atoms with Gasteiger partial charge < -0.3 is 8.83 Å². The Labute approximate surface area is 214 Å². The lowest BCUT2D eigenvalue weighted by molar-refractivity contribution is 0.540. The fourth-order valence-corrected chi connectivity index (χ4v) is 4.59. The normalized spacial score (nSPS) is 11.4. The molecule has 0 radical (unpaired) electrons. The van der Waals surface area contributed by atoms with Crippen molar-refractivity contribution in [2.45, 2.75) is 6.92 Å². The van der Waals surface area contributed by atoms with E-state index in [1.807, 2.05) is 67.6 Å². The lowest BCUT2D eigenvalue weighted by Crippen LogP contribution is -2.00. The van der Waals surface area contributed by atoms with Crippen molar-refractivity contribution < 1.29 is 8.83 Å². The Kier molecular flexibility index (Phi) is 5.37. The van der Waals surface area contributed by atoms with Crippen molar-refractivity contribution >= 4 is 45.8 Å². The van der Waals surface area contributed by atoms with Crippen LogP contribution in [0.2, 0.25) is 15.1 Å². The van der Waals surface area contributed by atoms with Gasteiger partial charge in [-0.2, -0.15) is 5.10 Å². The standard InChI is InChI=1S/C26H15Cl3N4O2/c1-14-23(26-31-30-25(35-26)22-12-16-4-2-3-5-21(16)34-22)32-33(20-11-10-18(28)13-19(20)29)24(14)15-6-8-17(27)9-7-15/h2-13H,1H3. The minimum atomic E-state index is 0.261. The molecule has 0 aliphatic rings. The van der Waals surface area contributed by atoms with E-state index in [0.29, 0.717) is 32.2 Å². The largest absolute Gasteiger partial charge is 0.451 e. The summed E-state index contributed by atoms with van der Waals surface area (Å²) in [6, 6.07) is 22.3. The lowest BCUT2D eigenvalue weighted by Gasteiger charge is -2.11. The predicted molar refractivity (Wildman–Crippen MR) is 137 cm³/mol. The van der Waals surface area contributed by atoms with Crippen LogP contribution in [0, 0.1) is 6.92 Å². The van der Waals surface area contributed by atoms with E-state index in [2.05, 4.69) is 10.2 Å². The predicted octanol–water partition coefficient (Wildman–Crippen LogP) is 8.27. The molecule has 0 saturated heterocycles. The molecule has 0 saturated carbocycles. The Morgan fingerprint density at radius 3 is 2.29 bits per heavy atom. The Balaban J connectivity index is 1.51. The third kappa shape index (κ3) is 3.90. The molecule has 0 bridgehead atoms. The molecule has 0 N–H and O–H groups in total. The van der Waals surface area contributed by atoms with Crippen molar-refractivity contribution in [3.05, 3.63) is 93.4 Å². The minimum Gasteiger partial charge on any atom is -0.451 e. The van der Waals surface area contributed by atoms with Gasteiger partial charge in [-0.15, -0.1) is 10.2 Å². The second kappa shape index (κ2) is 8.57. The fourth-order valence-electron chi connectivity index (χ4n) is 3.98. The van der Waals surface area contributed by atoms with E-state index < -0.39 is 0 Å². The molecular weight excluding hydrogens is 507 g/mol. The van der Waals surface area contributed by atoms with Gasteiger partial charge in [-0.1, -0.05) is 65.1 Å². The molecule has 172 valence electrons. The average molecular weight is 522 g/mol. The maximum absolute atomic E-state index is 6.55. The number of hydrogen-bond donors (Lipinski definition) is 0. The van der Waals surface area contributed by atoms with Gasteiger partial charge in [0.15, 0.2) is 11.5 Å². The summed E-state index contributed by atoms with van der Waals surface area (Å²) in [7, 11) is 0. The van der Waals surface area contributed by atoms with Gasteiger partial charge in [-0.05, 0) is 49.4 Å². The van der Waals surface area contributed by atoms with Crippen molar-refractivity contribution in [3.8, 4) is 40.2 Å². The van der Waals surface area contributed by atoms with Crippen molar-refractivity contribution in [2.24, 2.45) is 0 Å². The van der Waals surface area contributed by atoms with Crippen LogP contribution in [0.1, 0.15) is 5.56 Å². The van der Waals surface area contributed by atoms with E-state index in [0.717, 1.165) is 27.8 Å². The van der Waals surface area contributed by atoms with Crippen LogP contribution in [0.3, 0.4) is 0 Å². The maximum atomic E-state index is 6.55. The first-order valence-corrected chi connectivity index (χ1v) is 11.7. The summed E-state index contributed by atoms with van der Waals surface area (Å²) in [4.78, 5) is 0. The molecule has 3 heterocycles. The molecule has 0 fully saturated rings. The Bertz CT molecular complexity index is 1670. The van der Waals surface area contributed by atoms with Crippen LogP contribution in [-0.2, 0) is 0 Å². The summed E-state index contributed by atoms with van der Waals surface area (Å²) >= 11 is 18.8. The molecule has 9 heteroatoms. The second-order valence-electron chi connectivity index (χ2n) is 7.90. The molecule has 0 unspecified atom stereocenters. The van der Waals surface area contributed by atoms with E-state index >= 15 is 0 Å². The Morgan fingerprint density at radius 2 is 1.51 bits per heavy atom. The van der Waals surface area contributed by atoms with Crippen LogP contribution < -0.4 is 0 Å². The van der Waals surface area contributed by atoms with E-state index in [-0.39, 0.29) is 11.8 Å². The van der Waals surface area contributed by atoms with Crippen LogP contribution in [0.15, 0.2) is 81.6 Å². The highest BCUT2D eigenvalue weighted by molar-refractivity contribution is 6.35. The zero-order valence-electron chi connectivity index (χ0n) is 18.2. The number of benzene rings is 3. The van der Waals surface area contributed by atoms with E-state index in [1.54, 1.807) is 16.8 Å². The summed E-state index contributed by atoms with van der Waals surface area (Å²) in [6.07, 6.45) is 0. The highest BCUT2D eigenvalue weighted by atomic mass is 35.5. The van der Waals surface area contributed by atoms with Gasteiger partial charge in [0, 0.05) is 26.6 Å². The van der Waals surface area contributed by atoms with E-state index in [9.17, 15) is 0 Å². The molecule has 0 spiro atoms. The van der Waals surface area contributed by atoms with Crippen LogP contribution >= 0.6 is 34.8 Å². The number of rotatable bonds is 4. The summed E-state index contributed by atoms with van der Waals surface area (Å²) < 4.78 is 13.6. The highest BCUT2D eigenvalue weighted by Gasteiger charge is 2.24. The van der Waals surface area contributed by atoms with Crippen molar-refractivity contribution in [2.75, 3.05) is 0 Å². The maximum Gasteiger partial charge on any atom is 0.284 e. The highest BCUT2D eigenvalue weighted by Crippen LogP contribution is 2.37. The average Bonchev–Trinajstić information content (AvgIpc) is 3.56. The molecule has 0 aliphatic carbocycles. The molecule has 6 rings (SSSR count). The van der Waals surface area contributed by atoms with Crippen molar-refractivity contribution in [1.29, 1.82) is 0 Å². The number of fused-ring (bicyclic) bond motifs is 1. The molecule has 6 aromatic rings. The first-order valence-electron chi connectivity index (χ1n) is 10.6. The molecule has 3 aromatic carbocycles. The van der Waals surface area contributed by atoms with Crippen LogP contribution in [0.5, 0.6) is 0 Å². The first-order chi connectivity index (χ1) is 17.0. The smallest absolute Gasteiger partial charge is 0.284 e. The van der Waals surface area contributed by atoms with Crippen LogP contribution in [-0.4, -0.2) is 20.0 Å². The van der Waals surface area contributed by atoms with Gasteiger partial charge in [0.1, 0.15) is 5.58 Å². The number of aromatic nitrogens is 4. The molecule has 3 aromatic heterocycles. The van der Waals surface area contributed by atoms with Crippen molar-refractivity contribution in [1.82, 2.24) is 20.0 Å². The molecule has 0 amide bonds. The Morgan fingerprint density at radius 1 is 0.771 bits per heavy atom. The van der Waals surface area contributed by atoms with Crippen LogP contribution in [0.4, 0.5) is 0 Å². The lowest BCUT2D eigenvalue weighted by atomic mass is 10.1. The third-order valence-electron chi connectivity index (χ3n) is 5.64. The molecular formula is C26H15Cl3N4O2. The van der Waals surface area contributed by atoms with Crippen LogP contribution in [0.25, 0.3) is 51.1 Å². The summed E-state index contributed by atoms with van der Waals surface area (Å²) in [6.45, 7) is 1.94. The fraction of sp³-hybridized carbons (Fsp3) is 0.0385. The quantitative estimate of drug-likeness (QED) is 0.233. The molecule has 0 aliphatic heterocycles. The topological polar surface area (TPSA) is 69.9 Å². The van der Waals surface area contributed by atoms with Gasteiger partial charge in [0.2, 0.25) is 0 Å². The number of furan rings is 1. The van der Waals surface area contributed by atoms with Gasteiger partial charge in [-0.3, -0.25) is 0 Å². The number of hydrogen-bond acceptors (Lipinski definition) is 5. The van der Waals surface area contributed by atoms with Crippen molar-refractivity contribution in [3.63, 3.8) is 0 Å². The monoisotopic (exact) mass is 520 g/mol. The number of nitrogens with zero attached hydrogens (tertiary/aromatic N) is 4. The van der Waals surface area contributed by atoms with Gasteiger partial charge in [-0.25, -0.2) is 4.68 Å². The van der Waals surface area contributed by atoms with Gasteiger partial charge in [0.05, 0.1) is 16.4 Å². The Hall–Kier alpha value is -3.58. The molecule has 6 nitrogen and oxygen atoms in total. The summed E-state index contributed by atoms with van der Waals surface area (Å²) in [5, 5.41) is 15.8. The summed E-state index contributed by atoms with van der Waals surface area (Å²) in [5.74, 6) is 1.01. The van der Waals surface area contributed by atoms with Gasteiger partial charge in [0.25, 0.3) is 11.8 Å². The van der Waals surface area contributed by atoms with Gasteiger partial charge >= 0.3 is 0 Å². The zero-order chi connectivity index (χ0) is 24.1. The number of para-hydroxylation sites is 1. The third-order valence-corrected chi connectivity index (χ3v) is 6.43. The summed E-state index contributed by atoms with van der Waals surface area (Å²) in [5.41, 5.74) is 4.46. The molecule has 0 atom stereocenters. The number of halogens is 3. The van der Waals surface area contributed by atoms with E-state index in [4.69, 9.17) is 48.7 Å². The zero-order valence-corrected chi connectivity index (χ0v) is 20.4.